The van der Waals surface area contributed by atoms with Gasteiger partial charge >= 0.3 is 0 Å². The fraction of sp³-hybridized carbons (Fsp3) is 0.400. The predicted molar refractivity (Wildman–Crippen MR) is 63.3 cm³/mol. The Labute approximate surface area is 94.7 Å². The largest absolute Gasteiger partial charge is 0.350 e. The van der Waals surface area contributed by atoms with E-state index in [9.17, 15) is 0 Å². The highest BCUT2D eigenvalue weighted by atomic mass is 32.1. The van der Waals surface area contributed by atoms with Gasteiger partial charge in [0.05, 0.1) is 13.3 Å². The second-order valence-corrected chi connectivity index (χ2v) is 3.91. The van der Waals surface area contributed by atoms with Crippen LogP contribution in [0.1, 0.15) is 5.56 Å². The molecule has 4 nitrogen and oxygen atoms in total. The summed E-state index contributed by atoms with van der Waals surface area (Å²) in [6.07, 6.45) is 4.70. The van der Waals surface area contributed by atoms with Crippen LogP contribution in [0.2, 0.25) is 0 Å². The van der Waals surface area contributed by atoms with Gasteiger partial charge in [0.15, 0.2) is 5.11 Å². The topological polar surface area (TPSA) is 40.2 Å². The number of pyridine rings is 1. The van der Waals surface area contributed by atoms with Crippen molar-refractivity contribution in [3.63, 3.8) is 0 Å². The molecule has 1 aromatic rings. The fourth-order valence-corrected chi connectivity index (χ4v) is 1.61. The maximum absolute atomic E-state index is 4.98. The summed E-state index contributed by atoms with van der Waals surface area (Å²) in [6, 6.07) is 4.10. The van der Waals surface area contributed by atoms with Crippen LogP contribution in [0.3, 0.4) is 0 Å². The van der Waals surface area contributed by atoms with Crippen molar-refractivity contribution in [1.29, 1.82) is 0 Å². The highest BCUT2D eigenvalue weighted by molar-refractivity contribution is 7.80. The maximum Gasteiger partial charge on any atom is 0.168 e. The van der Waals surface area contributed by atoms with Crippen molar-refractivity contribution in [2.75, 3.05) is 19.9 Å². The molecule has 1 fully saturated rings. The van der Waals surface area contributed by atoms with Crippen LogP contribution in [0, 0.1) is 0 Å². The second-order valence-electron chi connectivity index (χ2n) is 3.50. The molecule has 0 aromatic carbocycles. The third-order valence-corrected chi connectivity index (χ3v) is 2.68. The Morgan fingerprint density at radius 2 is 1.93 bits per heavy atom. The van der Waals surface area contributed by atoms with Crippen LogP contribution in [0.15, 0.2) is 24.5 Å². The van der Waals surface area contributed by atoms with E-state index < -0.39 is 0 Å². The smallest absolute Gasteiger partial charge is 0.168 e. The molecule has 0 bridgehead atoms. The Kier molecular flexibility index (Phi) is 3.47. The van der Waals surface area contributed by atoms with Gasteiger partial charge < -0.3 is 10.6 Å². The minimum absolute atomic E-state index is 0.746. The molecule has 1 aliphatic rings. The SMILES string of the molecule is S=C1NCN(CCc2ccncc2)CN1. The van der Waals surface area contributed by atoms with Crippen molar-refractivity contribution in [3.8, 4) is 0 Å². The molecule has 0 spiro atoms. The van der Waals surface area contributed by atoms with Gasteiger partial charge in [0.25, 0.3) is 0 Å². The summed E-state index contributed by atoms with van der Waals surface area (Å²) in [6.45, 7) is 2.68. The van der Waals surface area contributed by atoms with Crippen molar-refractivity contribution < 1.29 is 0 Å². The average Bonchev–Trinajstić information content (AvgIpc) is 2.30. The van der Waals surface area contributed by atoms with E-state index in [0.717, 1.165) is 31.4 Å². The molecule has 0 atom stereocenters. The number of nitrogens with zero attached hydrogens (tertiary/aromatic N) is 2. The molecule has 0 saturated carbocycles. The lowest BCUT2D eigenvalue weighted by Gasteiger charge is -2.29. The molecule has 0 unspecified atom stereocenters. The lowest BCUT2D eigenvalue weighted by atomic mass is 10.2. The molecule has 0 radical (unpaired) electrons. The van der Waals surface area contributed by atoms with Gasteiger partial charge in [0, 0.05) is 18.9 Å². The van der Waals surface area contributed by atoms with Crippen molar-refractivity contribution in [2.24, 2.45) is 0 Å². The van der Waals surface area contributed by atoms with E-state index in [1.165, 1.54) is 5.56 Å². The minimum atomic E-state index is 0.746. The zero-order chi connectivity index (χ0) is 10.5. The third kappa shape index (κ3) is 3.14. The van der Waals surface area contributed by atoms with Crippen molar-refractivity contribution in [3.05, 3.63) is 30.1 Å². The molecule has 2 heterocycles. The Bertz CT molecular complexity index is 317. The maximum atomic E-state index is 4.98. The Morgan fingerprint density at radius 3 is 2.60 bits per heavy atom. The van der Waals surface area contributed by atoms with E-state index >= 15 is 0 Å². The van der Waals surface area contributed by atoms with E-state index in [1.54, 1.807) is 0 Å². The summed E-state index contributed by atoms with van der Waals surface area (Å²) in [4.78, 5) is 6.27. The van der Waals surface area contributed by atoms with E-state index in [-0.39, 0.29) is 0 Å². The van der Waals surface area contributed by atoms with Gasteiger partial charge in [-0.1, -0.05) is 0 Å². The molecule has 1 aliphatic heterocycles. The summed E-state index contributed by atoms with van der Waals surface area (Å²) in [7, 11) is 0. The first-order valence-electron chi connectivity index (χ1n) is 4.97. The van der Waals surface area contributed by atoms with Crippen LogP contribution >= 0.6 is 12.2 Å². The highest BCUT2D eigenvalue weighted by Gasteiger charge is 2.10. The van der Waals surface area contributed by atoms with E-state index in [2.05, 4.69) is 32.7 Å². The van der Waals surface area contributed by atoms with Crippen LogP contribution in [-0.4, -0.2) is 34.9 Å². The Balaban J connectivity index is 1.77. The lowest BCUT2D eigenvalue weighted by Crippen LogP contribution is -2.54. The number of hydrogen-bond donors (Lipinski definition) is 2. The van der Waals surface area contributed by atoms with Crippen LogP contribution in [0.25, 0.3) is 0 Å². The van der Waals surface area contributed by atoms with Crippen molar-refractivity contribution >= 4 is 17.3 Å². The van der Waals surface area contributed by atoms with E-state index in [0.29, 0.717) is 0 Å². The normalized spacial score (nSPS) is 16.9. The van der Waals surface area contributed by atoms with Crippen LogP contribution in [-0.2, 0) is 6.42 Å². The molecule has 0 aliphatic carbocycles. The van der Waals surface area contributed by atoms with Gasteiger partial charge in [-0.15, -0.1) is 0 Å². The second kappa shape index (κ2) is 5.04. The molecule has 2 rings (SSSR count). The van der Waals surface area contributed by atoms with Crippen molar-refractivity contribution in [1.82, 2.24) is 20.5 Å². The monoisotopic (exact) mass is 222 g/mol. The van der Waals surface area contributed by atoms with Crippen LogP contribution < -0.4 is 10.6 Å². The highest BCUT2D eigenvalue weighted by Crippen LogP contribution is 1.99. The van der Waals surface area contributed by atoms with Gasteiger partial charge in [-0.25, -0.2) is 0 Å². The molecular weight excluding hydrogens is 208 g/mol. The van der Waals surface area contributed by atoms with Gasteiger partial charge in [-0.3, -0.25) is 9.88 Å². The number of nitrogens with one attached hydrogen (secondary N) is 2. The van der Waals surface area contributed by atoms with Gasteiger partial charge in [-0.05, 0) is 36.3 Å². The molecular formula is C10H14N4S. The summed E-state index contributed by atoms with van der Waals surface area (Å²) in [5, 5.41) is 6.95. The van der Waals surface area contributed by atoms with Gasteiger partial charge in [-0.2, -0.15) is 0 Å². The molecule has 1 saturated heterocycles. The number of hydrogen-bond acceptors (Lipinski definition) is 3. The summed E-state index contributed by atoms with van der Waals surface area (Å²) >= 11 is 4.98. The molecule has 1 aromatic heterocycles. The van der Waals surface area contributed by atoms with E-state index in [1.807, 2.05) is 12.4 Å². The Morgan fingerprint density at radius 1 is 1.27 bits per heavy atom. The predicted octanol–water partition coefficient (Wildman–Crippen LogP) is 0.319. The minimum Gasteiger partial charge on any atom is -0.350 e. The number of thiocarbonyl (C=S) groups is 1. The van der Waals surface area contributed by atoms with E-state index in [4.69, 9.17) is 12.2 Å². The third-order valence-electron chi connectivity index (χ3n) is 2.39. The Hall–Kier alpha value is -1.20. The van der Waals surface area contributed by atoms with Crippen LogP contribution in [0.5, 0.6) is 0 Å². The molecule has 2 N–H and O–H groups in total. The first kappa shape index (κ1) is 10.3. The summed E-state index contributed by atoms with van der Waals surface area (Å²) in [5.41, 5.74) is 1.32. The number of rotatable bonds is 3. The lowest BCUT2D eigenvalue weighted by molar-refractivity contribution is 0.247. The molecule has 0 amide bonds. The van der Waals surface area contributed by atoms with Crippen LogP contribution in [0.4, 0.5) is 0 Å². The number of aromatic nitrogens is 1. The first-order valence-corrected chi connectivity index (χ1v) is 5.38. The zero-order valence-corrected chi connectivity index (χ0v) is 9.26. The zero-order valence-electron chi connectivity index (χ0n) is 8.44. The first-order chi connectivity index (χ1) is 7.34. The summed E-state index contributed by atoms with van der Waals surface area (Å²) < 4.78 is 0. The summed E-state index contributed by atoms with van der Waals surface area (Å²) in [5.74, 6) is 0. The molecule has 80 valence electrons. The van der Waals surface area contributed by atoms with Gasteiger partial charge in [0.1, 0.15) is 0 Å². The van der Waals surface area contributed by atoms with Gasteiger partial charge in [0.2, 0.25) is 0 Å². The quantitative estimate of drug-likeness (QED) is 0.721. The molecule has 5 heteroatoms. The van der Waals surface area contributed by atoms with Crippen molar-refractivity contribution in [2.45, 2.75) is 6.42 Å². The molecule has 15 heavy (non-hydrogen) atoms. The standard InChI is InChI=1S/C10H14N4S/c15-10-12-7-14(8-13-10)6-3-9-1-4-11-5-2-9/h1-2,4-5H,3,6-8H2,(H2,12,13,15). The average molecular weight is 222 g/mol. The fourth-order valence-electron chi connectivity index (χ4n) is 1.48.